The number of likely N-dealkylation sites (tertiary alicyclic amines) is 1. The van der Waals surface area contributed by atoms with Crippen molar-refractivity contribution in [1.29, 1.82) is 0 Å². The highest BCUT2D eigenvalue weighted by atomic mass is 32.1. The number of hydrogen-bond donors (Lipinski definition) is 2. The first-order valence-electron chi connectivity index (χ1n) is 7.49. The number of carboxylic acids is 1. The van der Waals surface area contributed by atoms with Crippen molar-refractivity contribution in [2.24, 2.45) is 5.92 Å². The summed E-state index contributed by atoms with van der Waals surface area (Å²) in [5, 5.41) is 14.1. The van der Waals surface area contributed by atoms with Crippen molar-refractivity contribution in [1.82, 2.24) is 15.2 Å². The maximum atomic E-state index is 13.7. The van der Waals surface area contributed by atoms with E-state index in [1.165, 1.54) is 22.3 Å². The summed E-state index contributed by atoms with van der Waals surface area (Å²) in [5.41, 5.74) is 0.963. The van der Waals surface area contributed by atoms with E-state index in [9.17, 15) is 14.0 Å². The van der Waals surface area contributed by atoms with Gasteiger partial charge in [-0.05, 0) is 18.6 Å². The molecule has 1 saturated heterocycles. The average molecular weight is 349 g/mol. The standard InChI is InChI=1S/C16H16FN3O3S/c17-12-4-2-1-3-11(12)13-9-24-14(19-13)7-18-16(23)20-6-5-10(8-20)15(21)22/h1-4,9-10H,5-8H2,(H,18,23)(H,21,22). The zero-order chi connectivity index (χ0) is 17.1. The molecule has 24 heavy (non-hydrogen) atoms. The number of halogens is 1. The number of carbonyl (C=O) groups is 2. The van der Waals surface area contributed by atoms with Gasteiger partial charge in [-0.25, -0.2) is 14.2 Å². The number of benzene rings is 1. The van der Waals surface area contributed by atoms with Crippen LogP contribution in [0.15, 0.2) is 29.6 Å². The molecule has 6 nitrogen and oxygen atoms in total. The number of urea groups is 1. The maximum absolute atomic E-state index is 13.7. The van der Waals surface area contributed by atoms with Crippen LogP contribution in [0.4, 0.5) is 9.18 Å². The smallest absolute Gasteiger partial charge is 0.317 e. The van der Waals surface area contributed by atoms with E-state index in [0.29, 0.717) is 29.2 Å². The van der Waals surface area contributed by atoms with Gasteiger partial charge in [-0.3, -0.25) is 4.79 Å². The Morgan fingerprint density at radius 3 is 2.92 bits per heavy atom. The highest BCUT2D eigenvalue weighted by Gasteiger charge is 2.30. The molecule has 0 spiro atoms. The highest BCUT2D eigenvalue weighted by molar-refractivity contribution is 7.09. The number of rotatable bonds is 4. The van der Waals surface area contributed by atoms with Crippen LogP contribution >= 0.6 is 11.3 Å². The summed E-state index contributed by atoms with van der Waals surface area (Å²) in [6.07, 6.45) is 0.470. The van der Waals surface area contributed by atoms with Gasteiger partial charge in [-0.15, -0.1) is 11.3 Å². The lowest BCUT2D eigenvalue weighted by atomic mass is 10.1. The Morgan fingerprint density at radius 2 is 2.21 bits per heavy atom. The third-order valence-corrected chi connectivity index (χ3v) is 4.77. The van der Waals surface area contributed by atoms with Gasteiger partial charge in [0, 0.05) is 24.0 Å². The molecule has 8 heteroatoms. The molecular weight excluding hydrogens is 333 g/mol. The third kappa shape index (κ3) is 3.53. The minimum absolute atomic E-state index is 0.222. The predicted octanol–water partition coefficient (Wildman–Crippen LogP) is 2.57. The van der Waals surface area contributed by atoms with Gasteiger partial charge in [0.25, 0.3) is 0 Å². The molecule has 2 N–H and O–H groups in total. The van der Waals surface area contributed by atoms with Gasteiger partial charge in [0.1, 0.15) is 10.8 Å². The molecule has 1 aliphatic heterocycles. The number of nitrogens with zero attached hydrogens (tertiary/aromatic N) is 2. The van der Waals surface area contributed by atoms with Gasteiger partial charge in [0.15, 0.2) is 0 Å². The Morgan fingerprint density at radius 1 is 1.42 bits per heavy atom. The molecule has 1 atom stereocenters. The summed E-state index contributed by atoms with van der Waals surface area (Å²) in [7, 11) is 0. The number of nitrogens with one attached hydrogen (secondary N) is 1. The molecule has 126 valence electrons. The molecule has 2 heterocycles. The molecule has 1 unspecified atom stereocenters. The highest BCUT2D eigenvalue weighted by Crippen LogP contribution is 2.24. The van der Waals surface area contributed by atoms with Crippen molar-refractivity contribution in [2.45, 2.75) is 13.0 Å². The fourth-order valence-electron chi connectivity index (χ4n) is 2.59. The molecule has 0 saturated carbocycles. The van der Waals surface area contributed by atoms with Crippen molar-refractivity contribution >= 4 is 23.3 Å². The second-order valence-corrected chi connectivity index (χ2v) is 6.48. The predicted molar refractivity (Wildman–Crippen MR) is 87.1 cm³/mol. The molecule has 1 aromatic carbocycles. The molecule has 1 aromatic heterocycles. The Kier molecular flexibility index (Phi) is 4.75. The zero-order valence-electron chi connectivity index (χ0n) is 12.7. The van der Waals surface area contributed by atoms with Crippen LogP contribution in [-0.4, -0.2) is 40.1 Å². The molecule has 1 fully saturated rings. The maximum Gasteiger partial charge on any atom is 0.317 e. The van der Waals surface area contributed by atoms with Crippen LogP contribution in [0.5, 0.6) is 0 Å². The van der Waals surface area contributed by atoms with Crippen LogP contribution in [0.3, 0.4) is 0 Å². The molecule has 0 radical (unpaired) electrons. The number of thiazole rings is 1. The second-order valence-electron chi connectivity index (χ2n) is 5.53. The van der Waals surface area contributed by atoms with E-state index in [4.69, 9.17) is 5.11 Å². The van der Waals surface area contributed by atoms with E-state index < -0.39 is 11.9 Å². The minimum atomic E-state index is -0.875. The van der Waals surface area contributed by atoms with Crippen LogP contribution in [0.25, 0.3) is 11.3 Å². The van der Waals surface area contributed by atoms with Gasteiger partial charge >= 0.3 is 12.0 Å². The topological polar surface area (TPSA) is 82.5 Å². The van der Waals surface area contributed by atoms with Crippen molar-refractivity contribution in [2.75, 3.05) is 13.1 Å². The lowest BCUT2D eigenvalue weighted by Gasteiger charge is -2.16. The minimum Gasteiger partial charge on any atom is -0.481 e. The third-order valence-electron chi connectivity index (χ3n) is 3.92. The lowest BCUT2D eigenvalue weighted by Crippen LogP contribution is -2.38. The first kappa shape index (κ1) is 16.4. The summed E-state index contributed by atoms with van der Waals surface area (Å²) in [5.74, 6) is -1.71. The molecule has 0 aliphatic carbocycles. The van der Waals surface area contributed by atoms with Crippen LogP contribution < -0.4 is 5.32 Å². The van der Waals surface area contributed by atoms with Crippen molar-refractivity contribution in [3.05, 3.63) is 40.5 Å². The van der Waals surface area contributed by atoms with Crippen LogP contribution in [0.1, 0.15) is 11.4 Å². The number of carbonyl (C=O) groups excluding carboxylic acids is 1. The average Bonchev–Trinajstić information content (AvgIpc) is 3.22. The fraction of sp³-hybridized carbons (Fsp3) is 0.312. The Balaban J connectivity index is 1.57. The summed E-state index contributed by atoms with van der Waals surface area (Å²) in [6.45, 7) is 0.882. The summed E-state index contributed by atoms with van der Waals surface area (Å²) in [4.78, 5) is 28.8. The number of aromatic nitrogens is 1. The summed E-state index contributed by atoms with van der Waals surface area (Å²) in [6, 6.07) is 6.09. The number of aliphatic carboxylic acids is 1. The van der Waals surface area contributed by atoms with Crippen LogP contribution in [-0.2, 0) is 11.3 Å². The fourth-order valence-corrected chi connectivity index (χ4v) is 3.33. The van der Waals surface area contributed by atoms with Crippen LogP contribution in [0.2, 0.25) is 0 Å². The zero-order valence-corrected chi connectivity index (χ0v) is 13.6. The molecular formula is C16H16FN3O3S. The summed E-state index contributed by atoms with van der Waals surface area (Å²) < 4.78 is 13.7. The van der Waals surface area contributed by atoms with Crippen molar-refractivity contribution < 1.29 is 19.1 Å². The van der Waals surface area contributed by atoms with E-state index in [1.807, 2.05) is 0 Å². The van der Waals surface area contributed by atoms with E-state index in [1.54, 1.807) is 23.6 Å². The van der Waals surface area contributed by atoms with Gasteiger partial charge in [0.05, 0.1) is 18.2 Å². The normalized spacial score (nSPS) is 17.0. The Labute approximate surface area is 141 Å². The van der Waals surface area contributed by atoms with Gasteiger partial charge in [0.2, 0.25) is 0 Å². The number of amides is 2. The van der Waals surface area contributed by atoms with Crippen molar-refractivity contribution in [3.8, 4) is 11.3 Å². The van der Waals surface area contributed by atoms with E-state index in [0.717, 1.165) is 0 Å². The summed E-state index contributed by atoms with van der Waals surface area (Å²) >= 11 is 1.34. The lowest BCUT2D eigenvalue weighted by molar-refractivity contribution is -0.141. The molecule has 2 amide bonds. The van der Waals surface area contributed by atoms with Crippen molar-refractivity contribution in [3.63, 3.8) is 0 Å². The molecule has 2 aromatic rings. The first-order valence-corrected chi connectivity index (χ1v) is 8.37. The van der Waals surface area contributed by atoms with Crippen LogP contribution in [0, 0.1) is 11.7 Å². The largest absolute Gasteiger partial charge is 0.481 e. The quantitative estimate of drug-likeness (QED) is 0.889. The number of carboxylic acid groups (broad SMARTS) is 1. The molecule has 1 aliphatic rings. The van der Waals surface area contributed by atoms with Gasteiger partial charge in [-0.1, -0.05) is 12.1 Å². The second kappa shape index (κ2) is 6.96. The SMILES string of the molecule is O=C(O)C1CCN(C(=O)NCc2nc(-c3ccccc3F)cs2)C1. The first-order chi connectivity index (χ1) is 11.5. The number of hydrogen-bond acceptors (Lipinski definition) is 4. The van der Waals surface area contributed by atoms with Gasteiger partial charge < -0.3 is 15.3 Å². The molecule has 3 rings (SSSR count). The van der Waals surface area contributed by atoms with E-state index in [2.05, 4.69) is 10.3 Å². The Hall–Kier alpha value is -2.48. The molecule has 0 bridgehead atoms. The van der Waals surface area contributed by atoms with Gasteiger partial charge in [-0.2, -0.15) is 0 Å². The van der Waals surface area contributed by atoms with E-state index in [-0.39, 0.29) is 24.9 Å². The Bertz CT molecular complexity index is 765. The monoisotopic (exact) mass is 349 g/mol. The van der Waals surface area contributed by atoms with E-state index >= 15 is 0 Å².